The Kier molecular flexibility index (Phi) is 10.8. The van der Waals surface area contributed by atoms with Crippen LogP contribution in [0.1, 0.15) is 62.5 Å². The van der Waals surface area contributed by atoms with Gasteiger partial charge < -0.3 is 25.6 Å². The Labute approximate surface area is 258 Å². The number of epoxide rings is 1. The summed E-state index contributed by atoms with van der Waals surface area (Å²) in [5.74, 6) is -1.30. The summed E-state index contributed by atoms with van der Waals surface area (Å²) >= 11 is 0. The third kappa shape index (κ3) is 8.75. The van der Waals surface area contributed by atoms with Gasteiger partial charge in [0, 0.05) is 38.3 Å². The average Bonchev–Trinajstić information content (AvgIpc) is 3.78. The highest BCUT2D eigenvalue weighted by molar-refractivity contribution is 5.95. The standard InChI is InChI=1S/C34H42N4O6/c39-29(30-22-44-30)17-9-3-8-16-26-32(41)36-27(19-23-11-4-1-5-12-23)33(42)37-28(20-24-13-6-2-7-14-24)34(43)38-18-10-15-25(38)21-31(40)35-26/h1-2,4-7,11-14,25-28,30H,3,8-10,15-22H2,(H,35,40)(H,36,41)(H,37,42)/t25-,26+,27+,28+,30+/m1/s1. The number of nitrogens with zero attached hydrogens (tertiary/aromatic N) is 1. The highest BCUT2D eigenvalue weighted by Gasteiger charge is 2.38. The van der Waals surface area contributed by atoms with Crippen LogP contribution < -0.4 is 16.0 Å². The first kappa shape index (κ1) is 31.4. The Balaban J connectivity index is 1.36. The van der Waals surface area contributed by atoms with Crippen LogP contribution in [-0.2, 0) is 41.6 Å². The summed E-state index contributed by atoms with van der Waals surface area (Å²) in [7, 11) is 0. The van der Waals surface area contributed by atoms with Crippen molar-refractivity contribution in [3.63, 3.8) is 0 Å². The second kappa shape index (κ2) is 15.1. The molecule has 5 rings (SSSR count). The molecule has 0 unspecified atom stereocenters. The van der Waals surface area contributed by atoms with E-state index >= 15 is 0 Å². The van der Waals surface area contributed by atoms with Crippen LogP contribution in [0.25, 0.3) is 0 Å². The van der Waals surface area contributed by atoms with Crippen molar-refractivity contribution in [1.82, 2.24) is 20.9 Å². The van der Waals surface area contributed by atoms with Crippen molar-refractivity contribution in [1.29, 1.82) is 0 Å². The van der Waals surface area contributed by atoms with E-state index in [1.807, 2.05) is 60.7 Å². The molecule has 2 aromatic rings. The predicted molar refractivity (Wildman–Crippen MR) is 163 cm³/mol. The van der Waals surface area contributed by atoms with Gasteiger partial charge in [0.15, 0.2) is 5.78 Å². The van der Waals surface area contributed by atoms with Gasteiger partial charge in [0.1, 0.15) is 24.2 Å². The molecule has 234 valence electrons. The molecule has 3 N–H and O–H groups in total. The molecule has 3 heterocycles. The first-order chi connectivity index (χ1) is 21.4. The van der Waals surface area contributed by atoms with Gasteiger partial charge in [-0.3, -0.25) is 24.0 Å². The number of rotatable bonds is 11. The van der Waals surface area contributed by atoms with Crippen LogP contribution in [0, 0.1) is 0 Å². The number of amides is 4. The van der Waals surface area contributed by atoms with Crippen molar-refractivity contribution in [3.05, 3.63) is 71.8 Å². The zero-order chi connectivity index (χ0) is 30.9. The molecule has 3 aliphatic heterocycles. The molecule has 0 aromatic heterocycles. The number of ketones is 1. The fourth-order valence-electron chi connectivity index (χ4n) is 6.15. The van der Waals surface area contributed by atoms with Crippen LogP contribution in [-0.4, -0.2) is 77.7 Å². The molecule has 0 saturated carbocycles. The van der Waals surface area contributed by atoms with Gasteiger partial charge in [0.25, 0.3) is 0 Å². The first-order valence-corrected chi connectivity index (χ1v) is 15.8. The number of ether oxygens (including phenoxy) is 1. The number of unbranched alkanes of at least 4 members (excludes halogenated alkanes) is 2. The van der Waals surface area contributed by atoms with Crippen molar-refractivity contribution in [2.24, 2.45) is 0 Å². The number of hydrogen-bond donors (Lipinski definition) is 3. The highest BCUT2D eigenvalue weighted by Crippen LogP contribution is 2.23. The van der Waals surface area contributed by atoms with Crippen LogP contribution in [0.2, 0.25) is 0 Å². The lowest BCUT2D eigenvalue weighted by molar-refractivity contribution is -0.138. The summed E-state index contributed by atoms with van der Waals surface area (Å²) in [6.07, 6.45) is 4.63. The van der Waals surface area contributed by atoms with E-state index in [1.165, 1.54) is 0 Å². The number of carbonyl (C=O) groups is 5. The topological polar surface area (TPSA) is 137 Å². The summed E-state index contributed by atoms with van der Waals surface area (Å²) in [6, 6.07) is 15.9. The zero-order valence-electron chi connectivity index (χ0n) is 25.0. The maximum Gasteiger partial charge on any atom is 0.245 e. The van der Waals surface area contributed by atoms with Gasteiger partial charge in [-0.25, -0.2) is 0 Å². The lowest BCUT2D eigenvalue weighted by atomic mass is 10.0. The first-order valence-electron chi connectivity index (χ1n) is 15.8. The van der Waals surface area contributed by atoms with Crippen LogP contribution in [0.3, 0.4) is 0 Å². The fourth-order valence-corrected chi connectivity index (χ4v) is 6.15. The Bertz CT molecular complexity index is 1320. The third-order valence-electron chi connectivity index (χ3n) is 8.65. The van der Waals surface area contributed by atoms with Gasteiger partial charge in [-0.1, -0.05) is 73.5 Å². The second-order valence-electron chi connectivity index (χ2n) is 12.0. The van der Waals surface area contributed by atoms with Crippen LogP contribution in [0.5, 0.6) is 0 Å². The third-order valence-corrected chi connectivity index (χ3v) is 8.65. The predicted octanol–water partition coefficient (Wildman–Crippen LogP) is 2.24. The summed E-state index contributed by atoms with van der Waals surface area (Å²) in [5.41, 5.74) is 1.76. The van der Waals surface area contributed by atoms with E-state index in [4.69, 9.17) is 4.74 Å². The van der Waals surface area contributed by atoms with E-state index in [2.05, 4.69) is 16.0 Å². The number of carbonyl (C=O) groups excluding carboxylic acids is 5. The van der Waals surface area contributed by atoms with Crippen LogP contribution in [0.15, 0.2) is 60.7 Å². The van der Waals surface area contributed by atoms with Crippen molar-refractivity contribution in [2.45, 2.75) is 94.5 Å². The second-order valence-corrected chi connectivity index (χ2v) is 12.0. The maximum atomic E-state index is 13.9. The largest absolute Gasteiger partial charge is 0.365 e. The minimum atomic E-state index is -0.957. The summed E-state index contributed by atoms with van der Waals surface area (Å²) in [5, 5.41) is 8.77. The summed E-state index contributed by atoms with van der Waals surface area (Å²) in [4.78, 5) is 68.5. The van der Waals surface area contributed by atoms with E-state index in [9.17, 15) is 24.0 Å². The number of benzene rings is 2. The van der Waals surface area contributed by atoms with Gasteiger partial charge in [0.2, 0.25) is 23.6 Å². The SMILES string of the molecule is O=C1C[C@H]2CCCN2C(=O)[C@H](Cc2ccccc2)NC(=O)[C@H](Cc2ccccc2)NC(=O)[C@H](CCCCCC(=O)[C@@H]2CO2)N1. The average molecular weight is 603 g/mol. The van der Waals surface area contributed by atoms with E-state index in [0.717, 1.165) is 24.0 Å². The van der Waals surface area contributed by atoms with Crippen molar-refractivity contribution in [3.8, 4) is 0 Å². The monoisotopic (exact) mass is 602 g/mol. The zero-order valence-corrected chi connectivity index (χ0v) is 25.0. The van der Waals surface area contributed by atoms with E-state index in [0.29, 0.717) is 51.7 Å². The highest BCUT2D eigenvalue weighted by atomic mass is 16.6. The molecule has 10 heteroatoms. The molecule has 0 aliphatic carbocycles. The van der Waals surface area contributed by atoms with Gasteiger partial charge in [0.05, 0.1) is 6.61 Å². The van der Waals surface area contributed by atoms with Crippen LogP contribution >= 0.6 is 0 Å². The van der Waals surface area contributed by atoms with Crippen molar-refractivity contribution < 1.29 is 28.7 Å². The molecule has 3 saturated heterocycles. The molecular formula is C34H42N4O6. The number of fused-ring (bicyclic) bond motifs is 1. The smallest absolute Gasteiger partial charge is 0.245 e. The molecule has 0 bridgehead atoms. The normalized spacial score (nSPS) is 25.9. The van der Waals surface area contributed by atoms with E-state index < -0.39 is 29.9 Å². The van der Waals surface area contributed by atoms with Crippen LogP contribution in [0.4, 0.5) is 0 Å². The van der Waals surface area contributed by atoms with Gasteiger partial charge in [-0.2, -0.15) is 0 Å². The number of hydrogen-bond acceptors (Lipinski definition) is 6. The molecule has 5 atom stereocenters. The van der Waals surface area contributed by atoms with Crippen molar-refractivity contribution in [2.75, 3.05) is 13.2 Å². The van der Waals surface area contributed by atoms with Gasteiger partial charge >= 0.3 is 0 Å². The van der Waals surface area contributed by atoms with Gasteiger partial charge in [-0.15, -0.1) is 0 Å². The minimum absolute atomic E-state index is 0.0882. The van der Waals surface area contributed by atoms with Crippen molar-refractivity contribution >= 4 is 29.4 Å². The van der Waals surface area contributed by atoms with E-state index in [1.54, 1.807) is 4.90 Å². The molecule has 2 aromatic carbocycles. The number of nitrogens with one attached hydrogen (secondary N) is 3. The maximum absolute atomic E-state index is 13.9. The molecule has 0 radical (unpaired) electrons. The molecule has 3 fully saturated rings. The minimum Gasteiger partial charge on any atom is -0.365 e. The molecule has 44 heavy (non-hydrogen) atoms. The molecule has 3 aliphatic rings. The Morgan fingerprint density at radius 3 is 2.05 bits per heavy atom. The van der Waals surface area contributed by atoms with Gasteiger partial charge in [-0.05, 0) is 36.8 Å². The van der Waals surface area contributed by atoms with E-state index in [-0.39, 0.29) is 42.6 Å². The lowest BCUT2D eigenvalue weighted by Gasteiger charge is -2.30. The molecule has 4 amide bonds. The Hall–Kier alpha value is -4.05. The lowest BCUT2D eigenvalue weighted by Crippen LogP contribution is -2.57. The summed E-state index contributed by atoms with van der Waals surface area (Å²) < 4.78 is 5.05. The Morgan fingerprint density at radius 2 is 1.39 bits per heavy atom. The molecule has 0 spiro atoms. The summed E-state index contributed by atoms with van der Waals surface area (Å²) in [6.45, 7) is 1.01. The fraction of sp³-hybridized carbons (Fsp3) is 0.500. The number of Topliss-reactive ketones (excluding diaryl/α,β-unsaturated/α-hetero) is 1. The quantitative estimate of drug-likeness (QED) is 0.267. The Morgan fingerprint density at radius 1 is 0.773 bits per heavy atom. The molecule has 10 nitrogen and oxygen atoms in total. The molecular weight excluding hydrogens is 560 g/mol.